The molecular formula is C19H22BrNO8. The predicted molar refractivity (Wildman–Crippen MR) is 105 cm³/mol. The Kier molecular flexibility index (Phi) is 7.74. The Labute approximate surface area is 178 Å². The van der Waals surface area contributed by atoms with E-state index in [4.69, 9.17) is 23.7 Å². The van der Waals surface area contributed by atoms with Crippen LogP contribution in [0.15, 0.2) is 35.3 Å². The Morgan fingerprint density at radius 2 is 1.59 bits per heavy atom. The van der Waals surface area contributed by atoms with Crippen molar-refractivity contribution < 1.29 is 38.1 Å². The number of fused-ring (bicyclic) bond motifs is 1. The van der Waals surface area contributed by atoms with E-state index in [-0.39, 0.29) is 23.6 Å². The van der Waals surface area contributed by atoms with Gasteiger partial charge in [-0.05, 0) is 12.1 Å². The Morgan fingerprint density at radius 3 is 2.17 bits per heavy atom. The first-order valence-corrected chi connectivity index (χ1v) is 8.78. The molecule has 5 atom stereocenters. The fourth-order valence-electron chi connectivity index (χ4n) is 3.12. The van der Waals surface area contributed by atoms with Crippen LogP contribution in [0.2, 0.25) is 0 Å². The summed E-state index contributed by atoms with van der Waals surface area (Å²) in [5, 5.41) is 0. The van der Waals surface area contributed by atoms with Gasteiger partial charge in [-0.1, -0.05) is 18.2 Å². The third-order valence-electron chi connectivity index (χ3n) is 4.18. The molecule has 0 spiro atoms. The maximum Gasteiger partial charge on any atom is 0.303 e. The fourth-order valence-corrected chi connectivity index (χ4v) is 3.12. The average molecular weight is 472 g/mol. The van der Waals surface area contributed by atoms with Crippen LogP contribution in [0.5, 0.6) is 0 Å². The van der Waals surface area contributed by atoms with E-state index in [1.807, 2.05) is 30.3 Å². The number of halogens is 1. The summed E-state index contributed by atoms with van der Waals surface area (Å²) in [5.41, 5.74) is 0.725. The summed E-state index contributed by atoms with van der Waals surface area (Å²) >= 11 is 0. The van der Waals surface area contributed by atoms with Crippen molar-refractivity contribution in [2.45, 2.75) is 51.4 Å². The number of esters is 3. The lowest BCUT2D eigenvalue weighted by atomic mass is 9.97. The van der Waals surface area contributed by atoms with E-state index in [9.17, 15) is 14.4 Å². The third-order valence-corrected chi connectivity index (χ3v) is 4.18. The highest BCUT2D eigenvalue weighted by Crippen LogP contribution is 2.33. The van der Waals surface area contributed by atoms with Crippen LogP contribution in [0.1, 0.15) is 26.3 Å². The fraction of sp³-hybridized carbons (Fsp3) is 0.474. The molecule has 0 bridgehead atoms. The molecule has 9 nitrogen and oxygen atoms in total. The maximum absolute atomic E-state index is 11.7. The molecule has 0 amide bonds. The summed E-state index contributed by atoms with van der Waals surface area (Å²) in [6.07, 6.45) is -3.73. The van der Waals surface area contributed by atoms with Gasteiger partial charge in [0.25, 0.3) is 0 Å². The summed E-state index contributed by atoms with van der Waals surface area (Å²) in [4.78, 5) is 39.0. The van der Waals surface area contributed by atoms with Crippen LogP contribution in [0.3, 0.4) is 0 Å². The van der Waals surface area contributed by atoms with Crippen molar-refractivity contribution in [2.75, 3.05) is 6.61 Å². The molecule has 3 rings (SSSR count). The van der Waals surface area contributed by atoms with Gasteiger partial charge in [-0.25, -0.2) is 4.99 Å². The molecular weight excluding hydrogens is 450 g/mol. The summed E-state index contributed by atoms with van der Waals surface area (Å²) in [5.74, 6) is -1.37. The van der Waals surface area contributed by atoms with Crippen LogP contribution in [0.4, 0.5) is 0 Å². The van der Waals surface area contributed by atoms with E-state index in [2.05, 4.69) is 4.99 Å². The second kappa shape index (κ2) is 9.84. The normalized spacial score (nSPS) is 27.4. The van der Waals surface area contributed by atoms with Crippen molar-refractivity contribution in [2.24, 2.45) is 4.99 Å². The Balaban J connectivity index is 0.00000300. The molecule has 2 aliphatic rings. The summed E-state index contributed by atoms with van der Waals surface area (Å²) < 4.78 is 27.4. The van der Waals surface area contributed by atoms with Gasteiger partial charge in [0.1, 0.15) is 12.7 Å². The molecule has 1 aromatic carbocycles. The predicted octanol–water partition coefficient (Wildman–Crippen LogP) is 1.56. The highest BCUT2D eigenvalue weighted by atomic mass is 79.9. The van der Waals surface area contributed by atoms with Crippen LogP contribution < -0.4 is 0 Å². The molecule has 2 heterocycles. The maximum atomic E-state index is 11.7. The van der Waals surface area contributed by atoms with Gasteiger partial charge in [-0.3, -0.25) is 14.4 Å². The van der Waals surface area contributed by atoms with Crippen LogP contribution in [-0.2, 0) is 38.1 Å². The molecule has 0 N–H and O–H groups in total. The third kappa shape index (κ3) is 5.54. The number of aliphatic imine (C=N–C) groups is 1. The number of carbonyl (C=O) groups excluding carboxylic acids is 3. The molecule has 5 unspecified atom stereocenters. The van der Waals surface area contributed by atoms with Crippen molar-refractivity contribution in [1.82, 2.24) is 0 Å². The SMILES string of the molecule is Br.CC(=O)OCC1OC2OC(c3ccccc3)=NC2C(OC(C)=O)C1OC(C)=O. The van der Waals surface area contributed by atoms with Gasteiger partial charge in [-0.2, -0.15) is 0 Å². The van der Waals surface area contributed by atoms with Gasteiger partial charge < -0.3 is 23.7 Å². The highest BCUT2D eigenvalue weighted by molar-refractivity contribution is 8.93. The van der Waals surface area contributed by atoms with Crippen LogP contribution in [0, 0.1) is 0 Å². The molecule has 158 valence electrons. The first-order valence-electron chi connectivity index (χ1n) is 8.78. The molecule has 0 aliphatic carbocycles. The summed E-state index contributed by atoms with van der Waals surface area (Å²) in [6, 6.07) is 8.42. The molecule has 0 aromatic heterocycles. The Hall–Kier alpha value is -2.46. The van der Waals surface area contributed by atoms with Crippen LogP contribution >= 0.6 is 17.0 Å². The largest absolute Gasteiger partial charge is 0.463 e. The van der Waals surface area contributed by atoms with E-state index in [0.29, 0.717) is 5.90 Å². The minimum absolute atomic E-state index is 0. The van der Waals surface area contributed by atoms with E-state index < -0.39 is 48.6 Å². The number of hydrogen-bond acceptors (Lipinski definition) is 9. The zero-order valence-electron chi connectivity index (χ0n) is 16.1. The summed E-state index contributed by atoms with van der Waals surface area (Å²) in [6.45, 7) is 3.52. The second-order valence-corrected chi connectivity index (χ2v) is 6.40. The quantitative estimate of drug-likeness (QED) is 0.469. The standard InChI is InChI=1S/C19H21NO8.BrH/c1-10(21)24-9-14-16(25-11(2)22)17(26-12(3)23)15-19(27-14)28-18(20-15)13-7-5-4-6-8-13;/h4-8,14-17,19H,9H2,1-3H3;1H. The zero-order valence-corrected chi connectivity index (χ0v) is 17.8. The van der Waals surface area contributed by atoms with Gasteiger partial charge in [0, 0.05) is 26.3 Å². The molecule has 1 saturated heterocycles. The first-order chi connectivity index (χ1) is 13.3. The molecule has 0 saturated carbocycles. The van der Waals surface area contributed by atoms with Gasteiger partial charge >= 0.3 is 17.9 Å². The molecule has 10 heteroatoms. The molecule has 1 fully saturated rings. The monoisotopic (exact) mass is 471 g/mol. The van der Waals surface area contributed by atoms with E-state index >= 15 is 0 Å². The summed E-state index contributed by atoms with van der Waals surface area (Å²) in [7, 11) is 0. The van der Waals surface area contributed by atoms with E-state index in [1.165, 1.54) is 20.8 Å². The topological polar surface area (TPSA) is 110 Å². The van der Waals surface area contributed by atoms with Gasteiger partial charge in [0.2, 0.25) is 12.2 Å². The number of carbonyl (C=O) groups is 3. The Morgan fingerprint density at radius 1 is 0.966 bits per heavy atom. The van der Waals surface area contributed by atoms with Crippen molar-refractivity contribution in [3.63, 3.8) is 0 Å². The number of rotatable bonds is 5. The Bertz CT molecular complexity index is 784. The van der Waals surface area contributed by atoms with E-state index in [0.717, 1.165) is 5.56 Å². The zero-order chi connectivity index (χ0) is 20.3. The van der Waals surface area contributed by atoms with E-state index in [1.54, 1.807) is 0 Å². The van der Waals surface area contributed by atoms with Crippen molar-refractivity contribution >= 4 is 40.8 Å². The van der Waals surface area contributed by atoms with Crippen molar-refractivity contribution in [3.05, 3.63) is 35.9 Å². The number of hydrogen-bond donors (Lipinski definition) is 0. The molecule has 29 heavy (non-hydrogen) atoms. The lowest BCUT2D eigenvalue weighted by molar-refractivity contribution is -0.249. The van der Waals surface area contributed by atoms with Crippen LogP contribution in [0.25, 0.3) is 0 Å². The van der Waals surface area contributed by atoms with Gasteiger partial charge in [-0.15, -0.1) is 17.0 Å². The number of ether oxygens (including phenoxy) is 5. The van der Waals surface area contributed by atoms with Crippen molar-refractivity contribution in [1.29, 1.82) is 0 Å². The van der Waals surface area contributed by atoms with Crippen LogP contribution in [-0.4, -0.2) is 61.1 Å². The highest BCUT2D eigenvalue weighted by Gasteiger charge is 2.54. The first kappa shape index (κ1) is 22.8. The molecule has 1 aromatic rings. The minimum Gasteiger partial charge on any atom is -0.463 e. The smallest absolute Gasteiger partial charge is 0.303 e. The molecule has 2 aliphatic heterocycles. The lowest BCUT2D eigenvalue weighted by Crippen LogP contribution is -2.60. The average Bonchev–Trinajstić information content (AvgIpc) is 3.06. The minimum atomic E-state index is -1.01. The molecule has 0 radical (unpaired) electrons. The second-order valence-electron chi connectivity index (χ2n) is 6.40. The van der Waals surface area contributed by atoms with Crippen molar-refractivity contribution in [3.8, 4) is 0 Å². The number of benzene rings is 1. The van der Waals surface area contributed by atoms with Gasteiger partial charge in [0.05, 0.1) is 0 Å². The van der Waals surface area contributed by atoms with Gasteiger partial charge in [0.15, 0.2) is 18.2 Å². The number of nitrogens with zero attached hydrogens (tertiary/aromatic N) is 1. The lowest BCUT2D eigenvalue weighted by Gasteiger charge is -2.40.